The highest BCUT2D eigenvalue weighted by Crippen LogP contribution is 2.22. The largest absolute Gasteiger partial charge is 0.371 e. The first-order valence-electron chi connectivity index (χ1n) is 10.4. The lowest BCUT2D eigenvalue weighted by Gasteiger charge is -2.16. The van der Waals surface area contributed by atoms with E-state index < -0.39 is 5.79 Å². The van der Waals surface area contributed by atoms with Crippen molar-refractivity contribution < 1.29 is 28.9 Å². The number of hydrogen-bond donors (Lipinski definition) is 1. The molecule has 1 aliphatic rings. The topological polar surface area (TPSA) is 82.1 Å². The first-order valence-corrected chi connectivity index (χ1v) is 10.4. The molecule has 0 aliphatic carbocycles. The summed E-state index contributed by atoms with van der Waals surface area (Å²) in [6.45, 7) is 14.1. The molecule has 0 saturated carbocycles. The molecule has 1 rings (SSSR count). The van der Waals surface area contributed by atoms with Crippen LogP contribution in [-0.2, 0) is 23.8 Å². The van der Waals surface area contributed by atoms with Crippen LogP contribution in [0, 0.1) is 5.92 Å². The Labute approximate surface area is 171 Å². The van der Waals surface area contributed by atoms with E-state index in [9.17, 15) is 9.59 Å². The van der Waals surface area contributed by atoms with Crippen molar-refractivity contribution in [3.63, 3.8) is 0 Å². The van der Waals surface area contributed by atoms with E-state index in [4.69, 9.17) is 19.3 Å². The van der Waals surface area contributed by atoms with Crippen LogP contribution in [0.5, 0.6) is 0 Å². The van der Waals surface area contributed by atoms with Gasteiger partial charge in [-0.05, 0) is 39.3 Å². The molecule has 0 amide bonds. The van der Waals surface area contributed by atoms with E-state index in [1.54, 1.807) is 0 Å². The number of unbranched alkanes of at least 4 members (excludes halogenated alkanes) is 3. The molecule has 1 aliphatic heterocycles. The third-order valence-corrected chi connectivity index (χ3v) is 4.00. The molecule has 0 aromatic carbocycles. The molecule has 28 heavy (non-hydrogen) atoms. The second-order valence-electron chi connectivity index (χ2n) is 7.31. The lowest BCUT2D eigenvalue weighted by Crippen LogP contribution is -2.24. The summed E-state index contributed by atoms with van der Waals surface area (Å²) < 4.78 is 15.4. The highest BCUT2D eigenvalue weighted by atomic mass is 16.7. The molecule has 1 saturated heterocycles. The Bertz CT molecular complexity index is 427. The Balaban J connectivity index is 0. The molecule has 6 nitrogen and oxygen atoms in total. The lowest BCUT2D eigenvalue weighted by molar-refractivity contribution is -0.149. The average Bonchev–Trinajstić information content (AvgIpc) is 3.01. The van der Waals surface area contributed by atoms with Crippen LogP contribution in [0.1, 0.15) is 80.6 Å². The number of allylic oxidation sites excluding steroid dienone is 2. The van der Waals surface area contributed by atoms with Crippen LogP contribution in [0.2, 0.25) is 0 Å². The molecule has 0 spiro atoms. The predicted molar refractivity (Wildman–Crippen MR) is 112 cm³/mol. The Morgan fingerprint density at radius 3 is 2.11 bits per heavy atom. The number of ketones is 2. The lowest BCUT2D eigenvalue weighted by atomic mass is 10.0. The van der Waals surface area contributed by atoms with Crippen molar-refractivity contribution in [3.05, 3.63) is 12.2 Å². The summed E-state index contributed by atoms with van der Waals surface area (Å²) in [6.07, 6.45) is 8.98. The van der Waals surface area contributed by atoms with Gasteiger partial charge in [0.1, 0.15) is 12.9 Å². The molecule has 1 heterocycles. The average molecular weight is 403 g/mol. The van der Waals surface area contributed by atoms with E-state index in [-0.39, 0.29) is 30.4 Å². The second-order valence-corrected chi connectivity index (χ2v) is 7.31. The van der Waals surface area contributed by atoms with E-state index in [2.05, 4.69) is 13.8 Å². The van der Waals surface area contributed by atoms with Gasteiger partial charge in [-0.1, -0.05) is 53.4 Å². The Morgan fingerprint density at radius 2 is 1.75 bits per heavy atom. The van der Waals surface area contributed by atoms with Crippen molar-refractivity contribution in [3.8, 4) is 0 Å². The number of ether oxygens (including phenoxy) is 3. The van der Waals surface area contributed by atoms with Gasteiger partial charge < -0.3 is 19.3 Å². The first-order chi connectivity index (χ1) is 13.1. The molecule has 6 heteroatoms. The fourth-order valence-corrected chi connectivity index (χ4v) is 2.09. The van der Waals surface area contributed by atoms with Gasteiger partial charge in [-0.15, -0.1) is 0 Å². The van der Waals surface area contributed by atoms with Gasteiger partial charge in [0, 0.05) is 5.92 Å². The smallest absolute Gasteiger partial charge is 0.163 e. The van der Waals surface area contributed by atoms with Crippen molar-refractivity contribution in [1.82, 2.24) is 0 Å². The minimum Gasteiger partial charge on any atom is -0.371 e. The number of aliphatic hydroxyl groups excluding tert-OH is 1. The molecule has 0 radical (unpaired) electrons. The highest BCUT2D eigenvalue weighted by Gasteiger charge is 2.32. The monoisotopic (exact) mass is 402 g/mol. The highest BCUT2D eigenvalue weighted by molar-refractivity contribution is 5.98. The number of hydrogen-bond acceptors (Lipinski definition) is 6. The molecule has 2 atom stereocenters. The van der Waals surface area contributed by atoms with Crippen molar-refractivity contribution >= 4 is 11.6 Å². The van der Waals surface area contributed by atoms with Gasteiger partial charge in [0.2, 0.25) is 0 Å². The Morgan fingerprint density at radius 1 is 1.18 bits per heavy atom. The van der Waals surface area contributed by atoms with Gasteiger partial charge >= 0.3 is 0 Å². The zero-order valence-electron chi connectivity index (χ0n) is 19.0. The van der Waals surface area contributed by atoms with E-state index in [0.29, 0.717) is 13.2 Å². The molecule has 2 unspecified atom stereocenters. The third kappa shape index (κ3) is 18.3. The maximum Gasteiger partial charge on any atom is 0.163 e. The van der Waals surface area contributed by atoms with Gasteiger partial charge in [0.15, 0.2) is 17.4 Å². The number of carbonyl (C=O) groups is 2. The molecule has 1 fully saturated rings. The maximum atomic E-state index is 11.0. The van der Waals surface area contributed by atoms with E-state index in [1.807, 2.05) is 27.7 Å². The summed E-state index contributed by atoms with van der Waals surface area (Å²) in [5.41, 5.74) is 0. The molecular weight excluding hydrogens is 360 g/mol. The van der Waals surface area contributed by atoms with Gasteiger partial charge in [0.25, 0.3) is 0 Å². The molecule has 0 bridgehead atoms. The summed E-state index contributed by atoms with van der Waals surface area (Å²) in [6, 6.07) is 0. The van der Waals surface area contributed by atoms with Gasteiger partial charge in [-0.25, -0.2) is 0 Å². The third-order valence-electron chi connectivity index (χ3n) is 4.00. The molecule has 0 aromatic rings. The zero-order chi connectivity index (χ0) is 22.0. The number of carbonyl (C=O) groups excluding carboxylic acids is 2. The van der Waals surface area contributed by atoms with Crippen LogP contribution in [0.4, 0.5) is 0 Å². The van der Waals surface area contributed by atoms with Gasteiger partial charge in [0.05, 0.1) is 13.2 Å². The van der Waals surface area contributed by atoms with Gasteiger partial charge in [-0.3, -0.25) is 9.59 Å². The summed E-state index contributed by atoms with van der Waals surface area (Å²) in [5.74, 6) is -0.515. The van der Waals surface area contributed by atoms with Crippen LogP contribution in [0.25, 0.3) is 0 Å². The van der Waals surface area contributed by atoms with Gasteiger partial charge in [-0.2, -0.15) is 0 Å². The molecule has 166 valence electrons. The number of rotatable bonds is 10. The van der Waals surface area contributed by atoms with E-state index in [0.717, 1.165) is 6.42 Å². The molecular formula is C22H42O6. The van der Waals surface area contributed by atoms with Crippen LogP contribution < -0.4 is 0 Å². The minimum atomic E-state index is -0.497. The van der Waals surface area contributed by atoms with Crippen molar-refractivity contribution in [2.24, 2.45) is 5.92 Å². The van der Waals surface area contributed by atoms with Crippen molar-refractivity contribution in [2.45, 2.75) is 92.5 Å². The SMILES string of the molecule is CC1(C)OCC(COCO)O1.CCC(C)C(=O)/C=C\C(C)=O.CCCCCC. The van der Waals surface area contributed by atoms with Crippen LogP contribution in [0.3, 0.4) is 0 Å². The molecule has 0 aromatic heterocycles. The Hall–Kier alpha value is -1.08. The second kappa shape index (κ2) is 18.0. The minimum absolute atomic E-state index is 0.0303. The summed E-state index contributed by atoms with van der Waals surface area (Å²) >= 11 is 0. The van der Waals surface area contributed by atoms with Crippen molar-refractivity contribution in [2.75, 3.05) is 20.0 Å². The molecule has 1 N–H and O–H groups in total. The van der Waals surface area contributed by atoms with E-state index >= 15 is 0 Å². The fourth-order valence-electron chi connectivity index (χ4n) is 2.09. The zero-order valence-corrected chi connectivity index (χ0v) is 19.0. The summed E-state index contributed by atoms with van der Waals surface area (Å²) in [5, 5.41) is 8.34. The van der Waals surface area contributed by atoms with Crippen LogP contribution in [-0.4, -0.2) is 48.6 Å². The summed E-state index contributed by atoms with van der Waals surface area (Å²) in [4.78, 5) is 21.5. The quantitative estimate of drug-likeness (QED) is 0.330. The Kier molecular flexibility index (Phi) is 18.7. The van der Waals surface area contributed by atoms with E-state index in [1.165, 1.54) is 44.8 Å². The maximum absolute atomic E-state index is 11.0. The summed E-state index contributed by atoms with van der Waals surface area (Å²) in [7, 11) is 0. The number of aliphatic hydroxyl groups is 1. The predicted octanol–water partition coefficient (Wildman–Crippen LogP) is 4.44. The standard InChI is InChI=1S/C9H14O2.C7H14O4.C6H14/c1-4-7(2)9(11)6-5-8(3)10;1-7(2)10-4-6(11-7)3-9-5-8;1-3-5-6-4-2/h5-7H,4H2,1-3H3;6,8H,3-5H2,1-2H3;3-6H2,1-2H3/b6-5-;;. The first kappa shape index (κ1) is 29.1. The van der Waals surface area contributed by atoms with Crippen LogP contribution >= 0.6 is 0 Å². The fraction of sp³-hybridized carbons (Fsp3) is 0.818. The normalized spacial score (nSPS) is 18.6. The van der Waals surface area contributed by atoms with Crippen LogP contribution in [0.15, 0.2) is 12.2 Å². The van der Waals surface area contributed by atoms with Crippen molar-refractivity contribution in [1.29, 1.82) is 0 Å².